The van der Waals surface area contributed by atoms with E-state index in [9.17, 15) is 4.79 Å². The smallest absolute Gasteiger partial charge is 0.264 e. The predicted molar refractivity (Wildman–Crippen MR) is 93.7 cm³/mol. The summed E-state index contributed by atoms with van der Waals surface area (Å²) in [4.78, 5) is 23.0. The highest BCUT2D eigenvalue weighted by molar-refractivity contribution is 8.18. The van der Waals surface area contributed by atoms with Gasteiger partial charge in [0.15, 0.2) is 5.17 Å². The van der Waals surface area contributed by atoms with Gasteiger partial charge in [-0.15, -0.1) is 11.3 Å². The van der Waals surface area contributed by atoms with Crippen molar-refractivity contribution >= 4 is 51.1 Å². The van der Waals surface area contributed by atoms with Gasteiger partial charge >= 0.3 is 0 Å². The van der Waals surface area contributed by atoms with Crippen LogP contribution in [0.5, 0.6) is 0 Å². The number of amides is 1. The molecule has 0 aliphatic carbocycles. The number of amidine groups is 1. The second-order valence-electron chi connectivity index (χ2n) is 4.78. The minimum atomic E-state index is -0.128. The quantitative estimate of drug-likeness (QED) is 0.879. The van der Waals surface area contributed by atoms with Crippen molar-refractivity contribution < 1.29 is 4.79 Å². The Morgan fingerprint density at radius 1 is 1.27 bits per heavy atom. The molecule has 2 aromatic rings. The molecule has 3 rings (SSSR count). The van der Waals surface area contributed by atoms with Crippen LogP contribution in [0.1, 0.15) is 5.56 Å². The number of thiazole rings is 1. The minimum Gasteiger partial charge on any atom is -0.378 e. The van der Waals surface area contributed by atoms with E-state index >= 15 is 0 Å². The van der Waals surface area contributed by atoms with Gasteiger partial charge in [-0.1, -0.05) is 12.1 Å². The maximum Gasteiger partial charge on any atom is 0.264 e. The van der Waals surface area contributed by atoms with E-state index in [0.717, 1.165) is 11.3 Å². The average Bonchev–Trinajstić information content (AvgIpc) is 3.11. The Balaban J connectivity index is 1.78. The van der Waals surface area contributed by atoms with Crippen molar-refractivity contribution in [3.8, 4) is 0 Å². The molecule has 1 amide bonds. The number of carbonyl (C=O) groups excluding carboxylic acids is 1. The van der Waals surface area contributed by atoms with Gasteiger partial charge in [0, 0.05) is 31.4 Å². The molecule has 112 valence electrons. The van der Waals surface area contributed by atoms with Gasteiger partial charge in [-0.2, -0.15) is 4.99 Å². The summed E-state index contributed by atoms with van der Waals surface area (Å²) in [6.07, 6.45) is 3.55. The highest BCUT2D eigenvalue weighted by Gasteiger charge is 2.24. The highest BCUT2D eigenvalue weighted by Crippen LogP contribution is 2.28. The van der Waals surface area contributed by atoms with Crippen molar-refractivity contribution in [2.75, 3.05) is 19.0 Å². The van der Waals surface area contributed by atoms with Crippen molar-refractivity contribution in [2.24, 2.45) is 4.99 Å². The maximum absolute atomic E-state index is 12.0. The number of thioether (sulfide) groups is 1. The third-order valence-corrected chi connectivity index (χ3v) is 4.55. The number of hydrogen-bond acceptors (Lipinski definition) is 6. The Morgan fingerprint density at radius 3 is 2.68 bits per heavy atom. The first-order chi connectivity index (χ1) is 10.6. The molecule has 1 aliphatic heterocycles. The summed E-state index contributed by atoms with van der Waals surface area (Å²) in [5, 5.41) is 5.81. The Labute approximate surface area is 136 Å². The number of hydrogen-bond donors (Lipinski definition) is 1. The standard InChI is InChI=1S/C15H14N4OS2/c1-19(2)11-5-3-10(4-6-11)9-12-13(20)17-15(22-12)18-14-16-7-8-21-14/h3-9H,1-2H3,(H,16,17,18,20)/b12-9+. The molecule has 2 heterocycles. The van der Waals surface area contributed by atoms with Crippen LogP contribution in [0.4, 0.5) is 10.8 Å². The number of carbonyl (C=O) groups is 1. The van der Waals surface area contributed by atoms with E-state index in [1.807, 2.05) is 54.7 Å². The third kappa shape index (κ3) is 3.37. The molecule has 1 fully saturated rings. The van der Waals surface area contributed by atoms with Gasteiger partial charge in [-0.3, -0.25) is 4.79 Å². The Kier molecular flexibility index (Phi) is 4.26. The molecule has 7 heteroatoms. The van der Waals surface area contributed by atoms with Crippen LogP contribution in [0.25, 0.3) is 6.08 Å². The van der Waals surface area contributed by atoms with Crippen LogP contribution in [0.15, 0.2) is 45.7 Å². The summed E-state index contributed by atoms with van der Waals surface area (Å²) in [7, 11) is 3.99. The lowest BCUT2D eigenvalue weighted by atomic mass is 10.2. The van der Waals surface area contributed by atoms with Crippen molar-refractivity contribution in [2.45, 2.75) is 0 Å². The van der Waals surface area contributed by atoms with Crippen LogP contribution in [-0.4, -0.2) is 30.2 Å². The fraction of sp³-hybridized carbons (Fsp3) is 0.133. The number of aromatic nitrogens is 1. The van der Waals surface area contributed by atoms with Crippen LogP contribution in [0.3, 0.4) is 0 Å². The van der Waals surface area contributed by atoms with Crippen LogP contribution in [0.2, 0.25) is 0 Å². The molecule has 0 atom stereocenters. The van der Waals surface area contributed by atoms with Crippen LogP contribution in [-0.2, 0) is 4.79 Å². The Bertz CT molecular complexity index is 733. The van der Waals surface area contributed by atoms with Crippen molar-refractivity contribution in [1.82, 2.24) is 10.3 Å². The van der Waals surface area contributed by atoms with E-state index in [2.05, 4.69) is 15.3 Å². The number of nitrogens with zero attached hydrogens (tertiary/aromatic N) is 3. The summed E-state index contributed by atoms with van der Waals surface area (Å²) in [6, 6.07) is 8.03. The second-order valence-corrected chi connectivity index (χ2v) is 6.69. The number of benzene rings is 1. The predicted octanol–water partition coefficient (Wildman–Crippen LogP) is 3.10. The van der Waals surface area contributed by atoms with E-state index in [-0.39, 0.29) is 5.91 Å². The van der Waals surface area contributed by atoms with E-state index in [4.69, 9.17) is 0 Å². The number of nitrogens with one attached hydrogen (secondary N) is 1. The first-order valence-electron chi connectivity index (χ1n) is 6.58. The van der Waals surface area contributed by atoms with Gasteiger partial charge in [0.2, 0.25) is 5.13 Å². The van der Waals surface area contributed by atoms with Crippen molar-refractivity contribution in [3.05, 3.63) is 46.3 Å². The van der Waals surface area contributed by atoms with E-state index < -0.39 is 0 Å². The van der Waals surface area contributed by atoms with Gasteiger partial charge in [0.25, 0.3) is 5.91 Å². The summed E-state index contributed by atoms with van der Waals surface area (Å²) in [5.41, 5.74) is 2.11. The topological polar surface area (TPSA) is 57.6 Å². The van der Waals surface area contributed by atoms with Crippen LogP contribution < -0.4 is 10.2 Å². The molecule has 0 radical (unpaired) electrons. The van der Waals surface area contributed by atoms with Gasteiger partial charge in [0.05, 0.1) is 4.91 Å². The SMILES string of the molecule is CN(C)c1ccc(/C=C2/S/C(=N/c3nccs3)NC2=O)cc1. The van der Waals surface area contributed by atoms with Crippen LogP contribution >= 0.6 is 23.1 Å². The molecular formula is C15H14N4OS2. The molecule has 1 saturated heterocycles. The lowest BCUT2D eigenvalue weighted by molar-refractivity contribution is -0.115. The molecule has 0 unspecified atom stereocenters. The molecule has 0 spiro atoms. The molecule has 1 aromatic heterocycles. The fourth-order valence-corrected chi connectivity index (χ4v) is 3.25. The zero-order valence-electron chi connectivity index (χ0n) is 12.1. The van der Waals surface area contributed by atoms with Crippen molar-refractivity contribution in [3.63, 3.8) is 0 Å². The summed E-state index contributed by atoms with van der Waals surface area (Å²) >= 11 is 2.76. The monoisotopic (exact) mass is 330 g/mol. The summed E-state index contributed by atoms with van der Waals surface area (Å²) < 4.78 is 0. The van der Waals surface area contributed by atoms with Crippen molar-refractivity contribution in [1.29, 1.82) is 0 Å². The van der Waals surface area contributed by atoms with Crippen LogP contribution in [0, 0.1) is 0 Å². The van der Waals surface area contributed by atoms with Gasteiger partial charge in [-0.05, 0) is 35.5 Å². The van der Waals surface area contributed by atoms with Gasteiger partial charge < -0.3 is 10.2 Å². The maximum atomic E-state index is 12.0. The average molecular weight is 330 g/mol. The van der Waals surface area contributed by atoms with E-state index in [1.54, 1.807) is 6.20 Å². The molecule has 22 heavy (non-hydrogen) atoms. The fourth-order valence-electron chi connectivity index (χ4n) is 1.86. The molecule has 5 nitrogen and oxygen atoms in total. The number of aliphatic imine (C=N–C) groups is 1. The highest BCUT2D eigenvalue weighted by atomic mass is 32.2. The molecule has 1 N–H and O–H groups in total. The zero-order valence-corrected chi connectivity index (χ0v) is 13.7. The largest absolute Gasteiger partial charge is 0.378 e. The van der Waals surface area contributed by atoms with Gasteiger partial charge in [-0.25, -0.2) is 4.98 Å². The van der Waals surface area contributed by atoms with E-state index in [1.165, 1.54) is 23.1 Å². The zero-order chi connectivity index (χ0) is 15.5. The first kappa shape index (κ1) is 14.8. The van der Waals surface area contributed by atoms with Gasteiger partial charge in [0.1, 0.15) is 0 Å². The Morgan fingerprint density at radius 2 is 2.05 bits per heavy atom. The summed E-state index contributed by atoms with van der Waals surface area (Å²) in [6.45, 7) is 0. The Hall–Kier alpha value is -2.12. The number of rotatable bonds is 3. The first-order valence-corrected chi connectivity index (χ1v) is 8.28. The third-order valence-electron chi connectivity index (χ3n) is 2.97. The second kappa shape index (κ2) is 6.33. The normalized spacial score (nSPS) is 18.0. The number of anilines is 1. The molecule has 0 saturated carbocycles. The molecule has 1 aromatic carbocycles. The summed E-state index contributed by atoms with van der Waals surface area (Å²) in [5.74, 6) is -0.128. The molecular weight excluding hydrogens is 316 g/mol. The molecule has 0 bridgehead atoms. The van der Waals surface area contributed by atoms with E-state index in [0.29, 0.717) is 15.2 Å². The molecule has 1 aliphatic rings. The minimum absolute atomic E-state index is 0.128. The lowest BCUT2D eigenvalue weighted by Crippen LogP contribution is -2.19. The lowest BCUT2D eigenvalue weighted by Gasteiger charge is -2.11.